The second-order valence-electron chi connectivity index (χ2n) is 7.93. The molecule has 0 amide bonds. The molecule has 0 aliphatic carbocycles. The highest BCUT2D eigenvalue weighted by atomic mass is 19.1. The number of halogens is 2. The molecule has 4 rings (SSSR count). The third-order valence-electron chi connectivity index (χ3n) is 5.40. The molecule has 0 aliphatic rings. The number of rotatable bonds is 12. The second-order valence-corrected chi connectivity index (χ2v) is 7.93. The molecule has 0 atom stereocenters. The monoisotopic (exact) mass is 450 g/mol. The quantitative estimate of drug-likeness (QED) is 0.193. The number of nitrogens with zero attached hydrogens (tertiary/aromatic N) is 2. The van der Waals surface area contributed by atoms with E-state index >= 15 is 0 Å². The average Bonchev–Trinajstić information content (AvgIpc) is 3.49. The van der Waals surface area contributed by atoms with Crippen molar-refractivity contribution in [2.45, 2.75) is 32.1 Å². The number of imidazole rings is 2. The van der Waals surface area contributed by atoms with E-state index in [1.807, 2.05) is 0 Å². The van der Waals surface area contributed by atoms with Crippen LogP contribution in [0, 0.1) is 11.6 Å². The Morgan fingerprint density at radius 1 is 0.576 bits per heavy atom. The largest absolute Gasteiger partial charge is 0.356 e. The Morgan fingerprint density at radius 2 is 0.970 bits per heavy atom. The Labute approximate surface area is 191 Å². The van der Waals surface area contributed by atoms with E-state index < -0.39 is 0 Å². The minimum absolute atomic E-state index is 0.246. The van der Waals surface area contributed by atoms with Crippen LogP contribution in [-0.2, 0) is 0 Å². The van der Waals surface area contributed by atoms with Crippen LogP contribution in [0.3, 0.4) is 0 Å². The van der Waals surface area contributed by atoms with Crippen molar-refractivity contribution >= 4 is 11.9 Å². The van der Waals surface area contributed by atoms with Gasteiger partial charge in [0.25, 0.3) is 0 Å². The van der Waals surface area contributed by atoms with Crippen molar-refractivity contribution in [3.8, 4) is 22.5 Å². The molecule has 0 saturated heterocycles. The lowest BCUT2D eigenvalue weighted by Gasteiger charge is -2.05. The zero-order valence-corrected chi connectivity index (χ0v) is 18.4. The Bertz CT molecular complexity index is 1030. The molecule has 0 fully saturated rings. The summed E-state index contributed by atoms with van der Waals surface area (Å²) in [7, 11) is 0. The molecule has 0 saturated carbocycles. The van der Waals surface area contributed by atoms with Gasteiger partial charge >= 0.3 is 0 Å². The predicted molar refractivity (Wildman–Crippen MR) is 128 cm³/mol. The van der Waals surface area contributed by atoms with E-state index in [0.29, 0.717) is 0 Å². The van der Waals surface area contributed by atoms with Crippen LogP contribution < -0.4 is 10.6 Å². The molecule has 0 spiro atoms. The van der Waals surface area contributed by atoms with Gasteiger partial charge in [0.2, 0.25) is 11.9 Å². The van der Waals surface area contributed by atoms with E-state index in [1.165, 1.54) is 30.7 Å². The maximum absolute atomic E-state index is 13.0. The Morgan fingerprint density at radius 3 is 1.39 bits per heavy atom. The van der Waals surface area contributed by atoms with E-state index in [0.717, 1.165) is 73.2 Å². The first-order valence-electron chi connectivity index (χ1n) is 11.3. The molecule has 6 nitrogen and oxygen atoms in total. The molecule has 4 aromatic rings. The van der Waals surface area contributed by atoms with Crippen molar-refractivity contribution < 1.29 is 8.78 Å². The summed E-state index contributed by atoms with van der Waals surface area (Å²) in [6.07, 6.45) is 9.11. The summed E-state index contributed by atoms with van der Waals surface area (Å²) >= 11 is 0. The summed E-state index contributed by atoms with van der Waals surface area (Å²) in [5.74, 6) is 0.975. The number of benzene rings is 2. The molecule has 0 unspecified atom stereocenters. The van der Waals surface area contributed by atoms with Gasteiger partial charge in [-0.25, -0.2) is 18.7 Å². The first-order valence-corrected chi connectivity index (χ1v) is 11.3. The van der Waals surface area contributed by atoms with Crippen LogP contribution in [0.2, 0.25) is 0 Å². The topological polar surface area (TPSA) is 81.4 Å². The zero-order valence-electron chi connectivity index (χ0n) is 18.4. The Kier molecular flexibility index (Phi) is 7.68. The van der Waals surface area contributed by atoms with Gasteiger partial charge in [0.05, 0.1) is 23.8 Å². The number of anilines is 2. The molecule has 8 heteroatoms. The number of hydrogen-bond acceptors (Lipinski definition) is 4. The summed E-state index contributed by atoms with van der Waals surface area (Å²) in [4.78, 5) is 15.1. The van der Waals surface area contributed by atoms with Crippen molar-refractivity contribution in [2.24, 2.45) is 0 Å². The molecule has 0 aliphatic heterocycles. The van der Waals surface area contributed by atoms with Gasteiger partial charge in [-0.15, -0.1) is 0 Å². The Hall–Kier alpha value is -3.68. The first-order chi connectivity index (χ1) is 16.2. The summed E-state index contributed by atoms with van der Waals surface area (Å²) in [6, 6.07) is 12.7. The Balaban J connectivity index is 1.06. The highest BCUT2D eigenvalue weighted by molar-refractivity contribution is 5.61. The van der Waals surface area contributed by atoms with Crippen molar-refractivity contribution in [1.29, 1.82) is 0 Å². The van der Waals surface area contributed by atoms with Gasteiger partial charge in [-0.05, 0) is 72.5 Å². The smallest absolute Gasteiger partial charge is 0.200 e. The molecule has 0 radical (unpaired) electrons. The van der Waals surface area contributed by atoms with E-state index in [-0.39, 0.29) is 11.6 Å². The molecule has 2 aromatic heterocycles. The van der Waals surface area contributed by atoms with Crippen LogP contribution in [0.1, 0.15) is 32.1 Å². The van der Waals surface area contributed by atoms with E-state index in [9.17, 15) is 8.78 Å². The SMILES string of the molecule is Fc1ccc(-c2cnc(NCCCCCCCNc3ncc(-c4ccc(F)cc4)[nH]3)[nH]2)cc1. The molecule has 2 aromatic carbocycles. The van der Waals surface area contributed by atoms with Gasteiger partial charge in [0.1, 0.15) is 11.6 Å². The predicted octanol–water partition coefficient (Wildman–Crippen LogP) is 6.22. The fourth-order valence-corrected chi connectivity index (χ4v) is 3.57. The first kappa shape index (κ1) is 22.5. The number of hydrogen-bond donors (Lipinski definition) is 4. The van der Waals surface area contributed by atoms with Crippen molar-refractivity contribution in [1.82, 2.24) is 19.9 Å². The maximum atomic E-state index is 13.0. The number of unbranched alkanes of at least 4 members (excludes halogenated alkanes) is 4. The minimum Gasteiger partial charge on any atom is -0.356 e. The molecule has 4 N–H and O–H groups in total. The molecule has 33 heavy (non-hydrogen) atoms. The third-order valence-corrected chi connectivity index (χ3v) is 5.40. The maximum Gasteiger partial charge on any atom is 0.200 e. The van der Waals surface area contributed by atoms with Crippen LogP contribution in [-0.4, -0.2) is 33.0 Å². The molecular formula is C25H28F2N6. The number of nitrogens with one attached hydrogen (secondary N) is 4. The van der Waals surface area contributed by atoms with Gasteiger partial charge in [-0.1, -0.05) is 19.3 Å². The standard InChI is InChI=1S/C25H28F2N6/c26-20-10-6-18(7-11-20)22-16-30-24(32-22)28-14-4-2-1-3-5-15-29-25-31-17-23(33-25)19-8-12-21(27)13-9-19/h6-13,16-17H,1-5,14-15H2,(H2,28,30,32)(H2,29,31,33). The normalized spacial score (nSPS) is 11.0. The van der Waals surface area contributed by atoms with Gasteiger partial charge < -0.3 is 20.6 Å². The highest BCUT2D eigenvalue weighted by Crippen LogP contribution is 2.20. The van der Waals surface area contributed by atoms with Crippen LogP contribution in [0.25, 0.3) is 22.5 Å². The van der Waals surface area contributed by atoms with Crippen molar-refractivity contribution in [3.05, 3.63) is 72.6 Å². The van der Waals surface area contributed by atoms with Gasteiger partial charge in [0.15, 0.2) is 0 Å². The van der Waals surface area contributed by atoms with Gasteiger partial charge in [0, 0.05) is 13.1 Å². The molecular weight excluding hydrogens is 422 g/mol. The summed E-state index contributed by atoms with van der Waals surface area (Å²) in [5, 5.41) is 6.60. The lowest BCUT2D eigenvalue weighted by atomic mass is 10.1. The van der Waals surface area contributed by atoms with Crippen LogP contribution in [0.4, 0.5) is 20.7 Å². The summed E-state index contributed by atoms with van der Waals surface area (Å²) < 4.78 is 26.1. The number of aromatic amines is 2. The lowest BCUT2D eigenvalue weighted by Crippen LogP contribution is -2.04. The molecule has 0 bridgehead atoms. The van der Waals surface area contributed by atoms with E-state index in [1.54, 1.807) is 36.7 Å². The number of H-pyrrole nitrogens is 2. The minimum atomic E-state index is -0.246. The van der Waals surface area contributed by atoms with Crippen LogP contribution in [0.15, 0.2) is 60.9 Å². The molecule has 2 heterocycles. The second kappa shape index (κ2) is 11.3. The summed E-state index contributed by atoms with van der Waals surface area (Å²) in [5.41, 5.74) is 3.55. The van der Waals surface area contributed by atoms with Crippen LogP contribution in [0.5, 0.6) is 0 Å². The number of aromatic nitrogens is 4. The van der Waals surface area contributed by atoms with Gasteiger partial charge in [-0.2, -0.15) is 0 Å². The highest BCUT2D eigenvalue weighted by Gasteiger charge is 2.04. The van der Waals surface area contributed by atoms with Crippen molar-refractivity contribution in [2.75, 3.05) is 23.7 Å². The summed E-state index contributed by atoms with van der Waals surface area (Å²) in [6.45, 7) is 1.71. The fraction of sp³-hybridized carbons (Fsp3) is 0.280. The van der Waals surface area contributed by atoms with Crippen LogP contribution >= 0.6 is 0 Å². The van der Waals surface area contributed by atoms with Crippen molar-refractivity contribution in [3.63, 3.8) is 0 Å². The third kappa shape index (κ3) is 6.65. The zero-order chi connectivity index (χ0) is 22.9. The lowest BCUT2D eigenvalue weighted by molar-refractivity contribution is 0.627. The molecule has 172 valence electrons. The van der Waals surface area contributed by atoms with Gasteiger partial charge in [-0.3, -0.25) is 0 Å². The average molecular weight is 451 g/mol. The van der Waals surface area contributed by atoms with E-state index in [2.05, 4.69) is 30.6 Å². The fourth-order valence-electron chi connectivity index (χ4n) is 3.57. The van der Waals surface area contributed by atoms with E-state index in [4.69, 9.17) is 0 Å².